The lowest BCUT2D eigenvalue weighted by atomic mass is 9.92. The Morgan fingerprint density at radius 2 is 1.77 bits per heavy atom. The molecule has 0 aromatic carbocycles. The maximum Gasteiger partial charge on any atom is 0.105 e. The number of ether oxygens (including phenoxy) is 1. The van der Waals surface area contributed by atoms with Crippen LogP contribution in [0.25, 0.3) is 0 Å². The van der Waals surface area contributed by atoms with Gasteiger partial charge in [0, 0.05) is 0 Å². The number of hydrogen-bond acceptors (Lipinski definition) is 1. The van der Waals surface area contributed by atoms with Crippen molar-refractivity contribution in [1.29, 1.82) is 0 Å². The fraction of sp³-hybridized carbons (Fsp3) is 0.833. The van der Waals surface area contributed by atoms with Crippen molar-refractivity contribution in [1.82, 2.24) is 0 Å². The summed E-state index contributed by atoms with van der Waals surface area (Å²) in [5, 5.41) is 0. The first-order chi connectivity index (χ1) is 6.29. The minimum Gasteiger partial charge on any atom is -0.362 e. The Kier molecular flexibility index (Phi) is 3.98. The Morgan fingerprint density at radius 1 is 1.23 bits per heavy atom. The van der Waals surface area contributed by atoms with Gasteiger partial charge in [-0.3, -0.25) is 0 Å². The fourth-order valence-electron chi connectivity index (χ4n) is 1.96. The van der Waals surface area contributed by atoms with Crippen LogP contribution in [0.15, 0.2) is 12.7 Å². The normalized spacial score (nSPS) is 24.3. The molecule has 1 aliphatic rings. The van der Waals surface area contributed by atoms with E-state index >= 15 is 0 Å². The Hall–Kier alpha value is -0.300. The molecule has 1 heterocycles. The van der Waals surface area contributed by atoms with Crippen molar-refractivity contribution in [3.63, 3.8) is 0 Å². The van der Waals surface area contributed by atoms with E-state index < -0.39 is 0 Å². The molecule has 0 amide bonds. The lowest BCUT2D eigenvalue weighted by Gasteiger charge is -2.10. The summed E-state index contributed by atoms with van der Waals surface area (Å²) in [4.78, 5) is 0. The highest BCUT2D eigenvalue weighted by atomic mass is 16.6. The third-order valence-electron chi connectivity index (χ3n) is 2.94. The second kappa shape index (κ2) is 4.80. The zero-order valence-electron chi connectivity index (χ0n) is 9.01. The highest BCUT2D eigenvalue weighted by Crippen LogP contribution is 2.45. The average molecular weight is 182 g/mol. The molecule has 0 saturated carbocycles. The molecule has 0 bridgehead atoms. The first-order valence-corrected chi connectivity index (χ1v) is 5.59. The van der Waals surface area contributed by atoms with Crippen molar-refractivity contribution < 1.29 is 4.74 Å². The molecule has 1 atom stereocenters. The molecule has 0 aromatic rings. The Labute approximate surface area is 82.2 Å². The first-order valence-electron chi connectivity index (χ1n) is 5.59. The molecule has 13 heavy (non-hydrogen) atoms. The van der Waals surface area contributed by atoms with Crippen molar-refractivity contribution in [2.75, 3.05) is 0 Å². The first kappa shape index (κ1) is 10.8. The maximum atomic E-state index is 5.74. The van der Waals surface area contributed by atoms with Crippen LogP contribution in [-0.4, -0.2) is 11.7 Å². The van der Waals surface area contributed by atoms with Gasteiger partial charge >= 0.3 is 0 Å². The molecule has 1 fully saturated rings. The molecule has 1 saturated heterocycles. The standard InChI is InChI=1S/C12H22O/c1-4-7-9-12(10-8-5-2)11(6-3)13-12/h6,11H,3-5,7-10H2,1-2H3/t11-/m1/s1. The molecule has 76 valence electrons. The predicted molar refractivity (Wildman–Crippen MR) is 56.9 cm³/mol. The molecular weight excluding hydrogens is 160 g/mol. The van der Waals surface area contributed by atoms with Crippen molar-refractivity contribution in [2.45, 2.75) is 64.1 Å². The van der Waals surface area contributed by atoms with Crippen molar-refractivity contribution in [3.05, 3.63) is 12.7 Å². The average Bonchev–Trinajstić information content (AvgIpc) is 2.86. The van der Waals surface area contributed by atoms with Gasteiger partial charge in [0.15, 0.2) is 0 Å². The maximum absolute atomic E-state index is 5.74. The third-order valence-corrected chi connectivity index (χ3v) is 2.94. The van der Waals surface area contributed by atoms with Gasteiger partial charge in [-0.25, -0.2) is 0 Å². The lowest BCUT2D eigenvalue weighted by molar-refractivity contribution is 0.261. The third kappa shape index (κ3) is 2.57. The van der Waals surface area contributed by atoms with Crippen LogP contribution >= 0.6 is 0 Å². The highest BCUT2D eigenvalue weighted by Gasteiger charge is 2.52. The summed E-state index contributed by atoms with van der Waals surface area (Å²) in [6.45, 7) is 8.28. The van der Waals surface area contributed by atoms with Gasteiger partial charge in [-0.1, -0.05) is 45.6 Å². The van der Waals surface area contributed by atoms with E-state index in [1.54, 1.807) is 0 Å². The molecule has 0 aliphatic carbocycles. The predicted octanol–water partition coefficient (Wildman–Crippen LogP) is 3.69. The highest BCUT2D eigenvalue weighted by molar-refractivity contribution is 5.10. The van der Waals surface area contributed by atoms with Gasteiger partial charge in [-0.05, 0) is 12.8 Å². The molecule has 0 radical (unpaired) electrons. The minimum absolute atomic E-state index is 0.202. The molecular formula is C12H22O. The van der Waals surface area contributed by atoms with Crippen LogP contribution in [-0.2, 0) is 4.74 Å². The Balaban J connectivity index is 2.33. The summed E-state index contributed by atoms with van der Waals surface area (Å²) in [5.41, 5.74) is 0.202. The summed E-state index contributed by atoms with van der Waals surface area (Å²) in [6.07, 6.45) is 9.86. The quantitative estimate of drug-likeness (QED) is 0.432. The second-order valence-electron chi connectivity index (χ2n) is 4.05. The molecule has 0 aromatic heterocycles. The van der Waals surface area contributed by atoms with Gasteiger partial charge in [0.25, 0.3) is 0 Å². The molecule has 0 unspecified atom stereocenters. The SMILES string of the molecule is C=C[C@H]1OC1(CCCC)CCCC. The number of hydrogen-bond donors (Lipinski definition) is 0. The van der Waals surface area contributed by atoms with E-state index in [0.29, 0.717) is 6.10 Å². The topological polar surface area (TPSA) is 12.5 Å². The zero-order valence-corrected chi connectivity index (χ0v) is 9.01. The number of rotatable bonds is 7. The van der Waals surface area contributed by atoms with E-state index in [-0.39, 0.29) is 5.60 Å². The largest absolute Gasteiger partial charge is 0.362 e. The second-order valence-corrected chi connectivity index (χ2v) is 4.05. The van der Waals surface area contributed by atoms with Crippen LogP contribution in [0.2, 0.25) is 0 Å². The Bertz CT molecular complexity index is 155. The van der Waals surface area contributed by atoms with Gasteiger partial charge in [0.2, 0.25) is 0 Å². The molecule has 1 rings (SSSR count). The van der Waals surface area contributed by atoms with Gasteiger partial charge in [-0.15, -0.1) is 6.58 Å². The van der Waals surface area contributed by atoms with E-state index in [0.717, 1.165) is 0 Å². The van der Waals surface area contributed by atoms with Crippen LogP contribution in [0.5, 0.6) is 0 Å². The van der Waals surface area contributed by atoms with Gasteiger partial charge in [-0.2, -0.15) is 0 Å². The van der Waals surface area contributed by atoms with Gasteiger partial charge in [0.1, 0.15) is 6.10 Å². The van der Waals surface area contributed by atoms with Crippen LogP contribution in [0.4, 0.5) is 0 Å². The summed E-state index contributed by atoms with van der Waals surface area (Å²) >= 11 is 0. The molecule has 0 spiro atoms. The summed E-state index contributed by atoms with van der Waals surface area (Å²) in [7, 11) is 0. The summed E-state index contributed by atoms with van der Waals surface area (Å²) in [6, 6.07) is 0. The van der Waals surface area contributed by atoms with E-state index in [4.69, 9.17) is 4.74 Å². The van der Waals surface area contributed by atoms with Crippen molar-refractivity contribution in [2.24, 2.45) is 0 Å². The van der Waals surface area contributed by atoms with Crippen LogP contribution < -0.4 is 0 Å². The smallest absolute Gasteiger partial charge is 0.105 e. The van der Waals surface area contributed by atoms with E-state index in [1.807, 2.05) is 6.08 Å². The molecule has 0 N–H and O–H groups in total. The van der Waals surface area contributed by atoms with Gasteiger partial charge < -0.3 is 4.74 Å². The van der Waals surface area contributed by atoms with E-state index in [2.05, 4.69) is 20.4 Å². The number of epoxide rings is 1. The summed E-state index contributed by atoms with van der Waals surface area (Å²) < 4.78 is 5.74. The van der Waals surface area contributed by atoms with Gasteiger partial charge in [0.05, 0.1) is 5.60 Å². The van der Waals surface area contributed by atoms with Crippen LogP contribution in [0.1, 0.15) is 52.4 Å². The zero-order chi connectivity index (χ0) is 9.73. The molecule has 1 aliphatic heterocycles. The summed E-state index contributed by atoms with van der Waals surface area (Å²) in [5.74, 6) is 0. The monoisotopic (exact) mass is 182 g/mol. The molecule has 1 heteroatoms. The van der Waals surface area contributed by atoms with Crippen LogP contribution in [0.3, 0.4) is 0 Å². The fourth-order valence-corrected chi connectivity index (χ4v) is 1.96. The van der Waals surface area contributed by atoms with Crippen molar-refractivity contribution >= 4 is 0 Å². The molecule has 1 nitrogen and oxygen atoms in total. The minimum atomic E-state index is 0.202. The van der Waals surface area contributed by atoms with Crippen LogP contribution in [0, 0.1) is 0 Å². The van der Waals surface area contributed by atoms with Crippen molar-refractivity contribution in [3.8, 4) is 0 Å². The lowest BCUT2D eigenvalue weighted by Crippen LogP contribution is -2.14. The number of unbranched alkanes of at least 4 members (excludes halogenated alkanes) is 2. The Morgan fingerprint density at radius 3 is 2.08 bits per heavy atom. The van der Waals surface area contributed by atoms with E-state index in [1.165, 1.54) is 38.5 Å². The van der Waals surface area contributed by atoms with E-state index in [9.17, 15) is 0 Å².